The molecular weight excluding hydrogens is 246 g/mol. The van der Waals surface area contributed by atoms with Crippen LogP contribution in [0.5, 0.6) is 12.0 Å². The van der Waals surface area contributed by atoms with E-state index in [1.807, 2.05) is 6.92 Å². The maximum atomic E-state index is 5.84. The summed E-state index contributed by atoms with van der Waals surface area (Å²) in [4.78, 5) is 15.4. The lowest BCUT2D eigenvalue weighted by molar-refractivity contribution is 0.191. The van der Waals surface area contributed by atoms with Crippen molar-refractivity contribution in [2.75, 3.05) is 12.8 Å². The Morgan fingerprint density at radius 2 is 2.11 bits per heavy atom. The average Bonchev–Trinajstić information content (AvgIpc) is 2.80. The van der Waals surface area contributed by atoms with Crippen LogP contribution >= 0.6 is 0 Å². The van der Waals surface area contributed by atoms with Gasteiger partial charge in [-0.2, -0.15) is 15.0 Å². The van der Waals surface area contributed by atoms with Crippen molar-refractivity contribution in [3.8, 4) is 12.0 Å². The highest BCUT2D eigenvalue weighted by molar-refractivity contribution is 5.82. The Kier molecular flexibility index (Phi) is 4.03. The van der Waals surface area contributed by atoms with E-state index in [9.17, 15) is 0 Å². The first kappa shape index (κ1) is 13.4. The summed E-state index contributed by atoms with van der Waals surface area (Å²) in [6.07, 6.45) is 3.25. The number of aromatic nitrogens is 4. The normalized spacial score (nSPS) is 12.6. The second-order valence-electron chi connectivity index (χ2n) is 4.41. The van der Waals surface area contributed by atoms with Crippen LogP contribution in [0.15, 0.2) is 0 Å². The average molecular weight is 265 g/mol. The molecule has 3 N–H and O–H groups in total. The predicted molar refractivity (Wildman–Crippen MR) is 72.3 cm³/mol. The number of anilines is 1. The number of H-pyrrole nitrogens is 1. The zero-order valence-electron chi connectivity index (χ0n) is 11.4. The molecule has 0 aromatic carbocycles. The summed E-state index contributed by atoms with van der Waals surface area (Å²) in [7, 11) is 1.52. The fourth-order valence-corrected chi connectivity index (χ4v) is 1.76. The number of nitrogen functional groups attached to an aromatic ring is 1. The number of rotatable bonds is 6. The Hall–Kier alpha value is -2.05. The Bertz CT molecular complexity index is 554. The third kappa shape index (κ3) is 3.04. The minimum atomic E-state index is 0.0534. The number of ether oxygens (including phenoxy) is 2. The van der Waals surface area contributed by atoms with Crippen molar-refractivity contribution >= 4 is 17.0 Å². The van der Waals surface area contributed by atoms with Crippen LogP contribution < -0.4 is 15.2 Å². The highest BCUT2D eigenvalue weighted by Crippen LogP contribution is 2.21. The third-order valence-corrected chi connectivity index (χ3v) is 2.80. The molecule has 19 heavy (non-hydrogen) atoms. The van der Waals surface area contributed by atoms with Gasteiger partial charge < -0.3 is 20.2 Å². The van der Waals surface area contributed by atoms with Gasteiger partial charge in [0.05, 0.1) is 13.2 Å². The van der Waals surface area contributed by atoms with E-state index >= 15 is 0 Å². The summed E-state index contributed by atoms with van der Waals surface area (Å²) in [6.45, 7) is 4.13. The lowest BCUT2D eigenvalue weighted by atomic mass is 10.2. The number of hydrogen-bond acceptors (Lipinski definition) is 6. The zero-order chi connectivity index (χ0) is 13.8. The van der Waals surface area contributed by atoms with Gasteiger partial charge in [-0.15, -0.1) is 0 Å². The van der Waals surface area contributed by atoms with Crippen molar-refractivity contribution in [1.29, 1.82) is 0 Å². The minimum Gasteiger partial charge on any atom is -0.468 e. The minimum absolute atomic E-state index is 0.0534. The number of nitrogens with one attached hydrogen (secondary N) is 1. The van der Waals surface area contributed by atoms with Crippen molar-refractivity contribution in [2.24, 2.45) is 0 Å². The molecule has 0 saturated heterocycles. The van der Waals surface area contributed by atoms with Gasteiger partial charge in [0.15, 0.2) is 11.5 Å². The molecule has 2 aromatic rings. The Labute approximate surface area is 111 Å². The fraction of sp³-hybridized carbons (Fsp3) is 0.583. The first-order chi connectivity index (χ1) is 9.13. The van der Waals surface area contributed by atoms with Gasteiger partial charge in [0.25, 0.3) is 6.01 Å². The van der Waals surface area contributed by atoms with E-state index < -0.39 is 0 Å². The summed E-state index contributed by atoms with van der Waals surface area (Å²) < 4.78 is 10.6. The third-order valence-electron chi connectivity index (χ3n) is 2.80. The molecule has 0 spiro atoms. The summed E-state index contributed by atoms with van der Waals surface area (Å²) >= 11 is 0. The van der Waals surface area contributed by atoms with Crippen molar-refractivity contribution in [1.82, 2.24) is 19.9 Å². The van der Waals surface area contributed by atoms with Crippen LogP contribution in [0.1, 0.15) is 33.1 Å². The second kappa shape index (κ2) is 5.73. The van der Waals surface area contributed by atoms with Crippen molar-refractivity contribution < 1.29 is 9.47 Å². The number of aromatic amines is 1. The summed E-state index contributed by atoms with van der Waals surface area (Å²) in [6, 6.07) is 0.606. The van der Waals surface area contributed by atoms with Crippen LogP contribution in [0.3, 0.4) is 0 Å². The number of nitrogens with two attached hydrogens (primary N) is 1. The predicted octanol–water partition coefficient (Wildman–Crippen LogP) is 1.90. The maximum absolute atomic E-state index is 5.84. The van der Waals surface area contributed by atoms with Crippen molar-refractivity contribution in [3.05, 3.63) is 0 Å². The standard InChI is InChI=1S/C12H19N5O2/c1-4-5-6-7(2)19-12-15-9(13)8-10(17-12)16-11(14-8)18-3/h7H,4-6H2,1-3H3,(H3,13,14,15,16,17). The molecule has 7 heteroatoms. The van der Waals surface area contributed by atoms with E-state index in [1.165, 1.54) is 7.11 Å². The number of imidazole rings is 1. The van der Waals surface area contributed by atoms with Crippen LogP contribution in [0.4, 0.5) is 5.82 Å². The van der Waals surface area contributed by atoms with Gasteiger partial charge in [-0.05, 0) is 13.3 Å². The molecule has 7 nitrogen and oxygen atoms in total. The molecule has 0 bridgehead atoms. The smallest absolute Gasteiger partial charge is 0.320 e. The summed E-state index contributed by atoms with van der Waals surface area (Å²) in [5, 5.41) is 0. The van der Waals surface area contributed by atoms with E-state index in [0.29, 0.717) is 23.0 Å². The number of fused-ring (bicyclic) bond motifs is 1. The van der Waals surface area contributed by atoms with Crippen LogP contribution in [0, 0.1) is 0 Å². The number of unbranched alkanes of at least 4 members (excludes halogenated alkanes) is 1. The lowest BCUT2D eigenvalue weighted by Gasteiger charge is -2.12. The molecule has 104 valence electrons. The van der Waals surface area contributed by atoms with Crippen molar-refractivity contribution in [3.63, 3.8) is 0 Å². The van der Waals surface area contributed by atoms with Crippen LogP contribution in [-0.2, 0) is 0 Å². The molecule has 2 aromatic heterocycles. The largest absolute Gasteiger partial charge is 0.468 e. The lowest BCUT2D eigenvalue weighted by Crippen LogP contribution is -2.14. The van der Waals surface area contributed by atoms with Crippen LogP contribution in [0.2, 0.25) is 0 Å². The Balaban J connectivity index is 2.20. The summed E-state index contributed by atoms with van der Waals surface area (Å²) in [5.41, 5.74) is 6.85. The van der Waals surface area contributed by atoms with Crippen LogP contribution in [-0.4, -0.2) is 33.1 Å². The molecule has 0 amide bonds. The molecule has 1 atom stereocenters. The van der Waals surface area contributed by atoms with Gasteiger partial charge in [-0.3, -0.25) is 0 Å². The molecule has 2 heterocycles. The molecule has 0 aliphatic rings. The van der Waals surface area contributed by atoms with E-state index in [4.69, 9.17) is 15.2 Å². The SMILES string of the molecule is CCCCC(C)Oc1nc(N)c2[nH]c(OC)nc2n1. The number of hydrogen-bond donors (Lipinski definition) is 2. The first-order valence-electron chi connectivity index (χ1n) is 6.38. The maximum Gasteiger partial charge on any atom is 0.320 e. The molecule has 2 rings (SSSR count). The van der Waals surface area contributed by atoms with E-state index in [-0.39, 0.29) is 12.1 Å². The van der Waals surface area contributed by atoms with E-state index in [2.05, 4.69) is 26.9 Å². The number of methoxy groups -OCH3 is 1. The number of nitrogens with zero attached hydrogens (tertiary/aromatic N) is 3. The molecule has 1 unspecified atom stereocenters. The topological polar surface area (TPSA) is 98.9 Å². The zero-order valence-corrected chi connectivity index (χ0v) is 11.4. The van der Waals surface area contributed by atoms with Gasteiger partial charge >= 0.3 is 6.01 Å². The molecule has 0 saturated carbocycles. The second-order valence-corrected chi connectivity index (χ2v) is 4.41. The van der Waals surface area contributed by atoms with E-state index in [1.54, 1.807) is 0 Å². The first-order valence-corrected chi connectivity index (χ1v) is 6.38. The van der Waals surface area contributed by atoms with Gasteiger partial charge in [-0.1, -0.05) is 19.8 Å². The quantitative estimate of drug-likeness (QED) is 0.827. The Morgan fingerprint density at radius 3 is 2.79 bits per heavy atom. The van der Waals surface area contributed by atoms with Gasteiger partial charge in [0, 0.05) is 0 Å². The van der Waals surface area contributed by atoms with Gasteiger partial charge in [-0.25, -0.2) is 0 Å². The summed E-state index contributed by atoms with van der Waals surface area (Å²) in [5.74, 6) is 0.304. The monoisotopic (exact) mass is 265 g/mol. The molecule has 0 aliphatic heterocycles. The van der Waals surface area contributed by atoms with Gasteiger partial charge in [0.1, 0.15) is 5.52 Å². The highest BCUT2D eigenvalue weighted by Gasteiger charge is 2.13. The highest BCUT2D eigenvalue weighted by atomic mass is 16.5. The van der Waals surface area contributed by atoms with E-state index in [0.717, 1.165) is 19.3 Å². The molecular formula is C12H19N5O2. The Morgan fingerprint density at radius 1 is 1.32 bits per heavy atom. The molecule has 0 aliphatic carbocycles. The van der Waals surface area contributed by atoms with Gasteiger partial charge in [0.2, 0.25) is 0 Å². The molecule has 0 fully saturated rings. The van der Waals surface area contributed by atoms with Crippen molar-refractivity contribution in [2.45, 2.75) is 39.2 Å². The molecule has 0 radical (unpaired) electrons. The van der Waals surface area contributed by atoms with Crippen LogP contribution in [0.25, 0.3) is 11.2 Å². The fourth-order valence-electron chi connectivity index (χ4n) is 1.76.